The Morgan fingerprint density at radius 1 is 1.33 bits per heavy atom. The first-order valence-corrected chi connectivity index (χ1v) is 7.68. The zero-order valence-corrected chi connectivity index (χ0v) is 12.7. The molecule has 5 nitrogen and oxygen atoms in total. The van der Waals surface area contributed by atoms with Gasteiger partial charge in [-0.15, -0.1) is 0 Å². The summed E-state index contributed by atoms with van der Waals surface area (Å²) in [6, 6.07) is 9.64. The van der Waals surface area contributed by atoms with E-state index < -0.39 is 6.10 Å². The number of piperazine rings is 1. The number of hydrogen-bond donors (Lipinski definition) is 2. The molecule has 1 fully saturated rings. The molecule has 1 aliphatic heterocycles. The van der Waals surface area contributed by atoms with Crippen LogP contribution in [0.2, 0.25) is 0 Å². The highest BCUT2D eigenvalue weighted by Gasteiger charge is 2.20. The zero-order chi connectivity index (χ0) is 14.9. The van der Waals surface area contributed by atoms with Crippen molar-refractivity contribution in [1.82, 2.24) is 15.5 Å². The van der Waals surface area contributed by atoms with Crippen LogP contribution < -0.4 is 10.6 Å². The average molecular weight is 291 g/mol. The van der Waals surface area contributed by atoms with Gasteiger partial charge in [0.1, 0.15) is 0 Å². The summed E-state index contributed by atoms with van der Waals surface area (Å²) in [7, 11) is 0. The van der Waals surface area contributed by atoms with E-state index in [0.29, 0.717) is 13.2 Å². The van der Waals surface area contributed by atoms with Crippen LogP contribution >= 0.6 is 0 Å². The van der Waals surface area contributed by atoms with Crippen molar-refractivity contribution in [2.75, 3.05) is 45.9 Å². The summed E-state index contributed by atoms with van der Waals surface area (Å²) in [5, 5.41) is 6.31. The van der Waals surface area contributed by atoms with Gasteiger partial charge in [0.2, 0.25) is 0 Å². The van der Waals surface area contributed by atoms with Crippen LogP contribution in [0.3, 0.4) is 0 Å². The van der Waals surface area contributed by atoms with Crippen molar-refractivity contribution >= 4 is 5.91 Å². The lowest BCUT2D eigenvalue weighted by atomic mass is 10.1. The molecule has 0 aromatic heterocycles. The number of nitrogens with zero attached hydrogens (tertiary/aromatic N) is 1. The van der Waals surface area contributed by atoms with Gasteiger partial charge in [-0.25, -0.2) is 0 Å². The third kappa shape index (κ3) is 5.12. The van der Waals surface area contributed by atoms with E-state index in [1.165, 1.54) is 0 Å². The molecule has 0 saturated carbocycles. The number of amides is 1. The van der Waals surface area contributed by atoms with Crippen LogP contribution in [0.4, 0.5) is 0 Å². The lowest BCUT2D eigenvalue weighted by molar-refractivity contribution is -0.133. The summed E-state index contributed by atoms with van der Waals surface area (Å²) < 4.78 is 5.60. The molecule has 0 bridgehead atoms. The molecule has 21 heavy (non-hydrogen) atoms. The van der Waals surface area contributed by atoms with Gasteiger partial charge in [0, 0.05) is 45.9 Å². The highest BCUT2D eigenvalue weighted by atomic mass is 16.5. The summed E-state index contributed by atoms with van der Waals surface area (Å²) in [6.07, 6.45) is -0.515. The standard InChI is InChI=1S/C16H25N3O2/c1-2-21-15(14-6-4-3-5-7-14)16(20)18-10-13-19-11-8-17-9-12-19/h3-7,15,17H,2,8-13H2,1H3,(H,18,20). The number of nitrogens with one attached hydrogen (secondary N) is 2. The second-order valence-corrected chi connectivity index (χ2v) is 5.13. The Morgan fingerprint density at radius 3 is 2.71 bits per heavy atom. The lowest BCUT2D eigenvalue weighted by Crippen LogP contribution is -2.46. The number of ether oxygens (including phenoxy) is 1. The van der Waals surface area contributed by atoms with E-state index in [4.69, 9.17) is 4.74 Å². The molecule has 1 atom stereocenters. The van der Waals surface area contributed by atoms with Crippen molar-refractivity contribution in [3.63, 3.8) is 0 Å². The molecule has 5 heteroatoms. The summed E-state index contributed by atoms with van der Waals surface area (Å²) in [5.74, 6) is -0.0572. The van der Waals surface area contributed by atoms with Crippen LogP contribution in [0.25, 0.3) is 0 Å². The van der Waals surface area contributed by atoms with Gasteiger partial charge in [0.15, 0.2) is 6.10 Å². The lowest BCUT2D eigenvalue weighted by Gasteiger charge is -2.27. The molecule has 0 aliphatic carbocycles. The molecule has 1 saturated heterocycles. The Labute approximate surface area is 126 Å². The van der Waals surface area contributed by atoms with E-state index in [9.17, 15) is 4.79 Å². The van der Waals surface area contributed by atoms with Gasteiger partial charge in [-0.3, -0.25) is 9.69 Å². The normalized spacial score (nSPS) is 17.4. The molecule has 1 aromatic rings. The van der Waals surface area contributed by atoms with E-state index in [2.05, 4.69) is 15.5 Å². The van der Waals surface area contributed by atoms with Crippen molar-refractivity contribution in [2.24, 2.45) is 0 Å². The predicted octanol–water partition coefficient (Wildman–Crippen LogP) is 0.786. The maximum atomic E-state index is 12.3. The Bertz CT molecular complexity index is 419. The summed E-state index contributed by atoms with van der Waals surface area (Å²) in [4.78, 5) is 14.7. The molecule has 1 heterocycles. The van der Waals surface area contributed by atoms with Crippen LogP contribution in [-0.4, -0.2) is 56.7 Å². The quantitative estimate of drug-likeness (QED) is 0.780. The molecular formula is C16H25N3O2. The number of hydrogen-bond acceptors (Lipinski definition) is 4. The van der Waals surface area contributed by atoms with Gasteiger partial charge >= 0.3 is 0 Å². The van der Waals surface area contributed by atoms with E-state index in [1.807, 2.05) is 37.3 Å². The van der Waals surface area contributed by atoms with Crippen LogP contribution in [0.1, 0.15) is 18.6 Å². The topological polar surface area (TPSA) is 53.6 Å². The molecule has 1 unspecified atom stereocenters. The first kappa shape index (κ1) is 15.9. The second kappa shape index (κ2) is 8.77. The monoisotopic (exact) mass is 291 g/mol. The molecular weight excluding hydrogens is 266 g/mol. The minimum atomic E-state index is -0.515. The van der Waals surface area contributed by atoms with Crippen molar-refractivity contribution < 1.29 is 9.53 Å². The minimum absolute atomic E-state index is 0.0572. The molecule has 1 aliphatic rings. The summed E-state index contributed by atoms with van der Waals surface area (Å²) in [5.41, 5.74) is 0.902. The minimum Gasteiger partial charge on any atom is -0.364 e. The van der Waals surface area contributed by atoms with Crippen LogP contribution in [-0.2, 0) is 9.53 Å². The fourth-order valence-corrected chi connectivity index (χ4v) is 2.48. The Balaban J connectivity index is 1.81. The smallest absolute Gasteiger partial charge is 0.253 e. The van der Waals surface area contributed by atoms with Gasteiger partial charge < -0.3 is 15.4 Å². The highest BCUT2D eigenvalue weighted by Crippen LogP contribution is 2.17. The second-order valence-electron chi connectivity index (χ2n) is 5.13. The highest BCUT2D eigenvalue weighted by molar-refractivity contribution is 5.82. The van der Waals surface area contributed by atoms with Crippen LogP contribution in [0.5, 0.6) is 0 Å². The average Bonchev–Trinajstić information content (AvgIpc) is 2.54. The fourth-order valence-electron chi connectivity index (χ4n) is 2.48. The number of rotatable bonds is 7. The van der Waals surface area contributed by atoms with Crippen molar-refractivity contribution in [3.05, 3.63) is 35.9 Å². The first-order valence-electron chi connectivity index (χ1n) is 7.68. The van der Waals surface area contributed by atoms with E-state index in [-0.39, 0.29) is 5.91 Å². The molecule has 2 N–H and O–H groups in total. The van der Waals surface area contributed by atoms with E-state index >= 15 is 0 Å². The van der Waals surface area contributed by atoms with Crippen molar-refractivity contribution in [1.29, 1.82) is 0 Å². The van der Waals surface area contributed by atoms with E-state index in [1.54, 1.807) is 0 Å². The van der Waals surface area contributed by atoms with Gasteiger partial charge in [0.05, 0.1) is 0 Å². The molecule has 0 spiro atoms. The molecule has 116 valence electrons. The number of benzene rings is 1. The zero-order valence-electron chi connectivity index (χ0n) is 12.7. The molecule has 1 amide bonds. The van der Waals surface area contributed by atoms with Gasteiger partial charge in [-0.05, 0) is 12.5 Å². The van der Waals surface area contributed by atoms with Crippen LogP contribution in [0.15, 0.2) is 30.3 Å². The van der Waals surface area contributed by atoms with Gasteiger partial charge in [0.25, 0.3) is 5.91 Å². The SMILES string of the molecule is CCOC(C(=O)NCCN1CCNCC1)c1ccccc1. The Morgan fingerprint density at radius 2 is 2.05 bits per heavy atom. The summed E-state index contributed by atoms with van der Waals surface area (Å²) in [6.45, 7) is 8.12. The Kier molecular flexibility index (Phi) is 6.66. The third-order valence-electron chi connectivity index (χ3n) is 3.61. The maximum Gasteiger partial charge on any atom is 0.253 e. The van der Waals surface area contributed by atoms with Gasteiger partial charge in [-0.1, -0.05) is 30.3 Å². The maximum absolute atomic E-state index is 12.3. The van der Waals surface area contributed by atoms with Crippen LogP contribution in [0, 0.1) is 0 Å². The summed E-state index contributed by atoms with van der Waals surface area (Å²) >= 11 is 0. The van der Waals surface area contributed by atoms with Crippen molar-refractivity contribution in [3.8, 4) is 0 Å². The Hall–Kier alpha value is -1.43. The molecule has 1 aromatic carbocycles. The predicted molar refractivity (Wildman–Crippen MR) is 83.1 cm³/mol. The first-order chi connectivity index (χ1) is 10.3. The molecule has 0 radical (unpaired) electrons. The fraction of sp³-hybridized carbons (Fsp3) is 0.562. The van der Waals surface area contributed by atoms with Crippen molar-refractivity contribution in [2.45, 2.75) is 13.0 Å². The third-order valence-corrected chi connectivity index (χ3v) is 3.61. The van der Waals surface area contributed by atoms with E-state index in [0.717, 1.165) is 38.3 Å². The number of carbonyl (C=O) groups excluding carboxylic acids is 1. The number of carbonyl (C=O) groups is 1. The van der Waals surface area contributed by atoms with Gasteiger partial charge in [-0.2, -0.15) is 0 Å². The molecule has 2 rings (SSSR count). The largest absolute Gasteiger partial charge is 0.364 e.